The van der Waals surface area contributed by atoms with Crippen molar-refractivity contribution >= 4 is 17.5 Å². The maximum absolute atomic E-state index is 13.5. The van der Waals surface area contributed by atoms with Gasteiger partial charge in [-0.1, -0.05) is 23.8 Å². The standard InChI is InChI=1S/C25H26F6N4O/c1-35-11-3-10-33-23(35)16-8-6-15(7-9-16)13-32-14-20(36)18-12-21(25(29,30)31)34-22-17(18)4-2-5-19(22)24(26,27)28/h3-4,6,8,10,12,20,32,36H,2,5,7,9,11,13-14H2,1H3. The van der Waals surface area contributed by atoms with E-state index in [-0.39, 0.29) is 23.7 Å². The quantitative estimate of drug-likeness (QED) is 0.573. The lowest BCUT2D eigenvalue weighted by Crippen LogP contribution is -2.42. The van der Waals surface area contributed by atoms with Crippen LogP contribution in [0.25, 0.3) is 11.6 Å². The largest absolute Gasteiger partial charge is 0.433 e. The van der Waals surface area contributed by atoms with E-state index in [1.165, 1.54) is 6.08 Å². The molecule has 0 radical (unpaired) electrons. The SMILES string of the molecule is CN1CC=CN=C1C1=CC=C(CNCC(O)c2cc(C(F)(F)F)nc3c2=CCCC=3C(F)(F)F)CC1. The fourth-order valence-electron chi connectivity index (χ4n) is 4.53. The zero-order valence-corrected chi connectivity index (χ0v) is 19.5. The number of aromatic nitrogens is 1. The molecule has 3 aliphatic rings. The van der Waals surface area contributed by atoms with Gasteiger partial charge in [-0.15, -0.1) is 0 Å². The minimum atomic E-state index is -4.95. The van der Waals surface area contributed by atoms with Crippen LogP contribution in [0.1, 0.15) is 43.0 Å². The molecule has 2 heterocycles. The van der Waals surface area contributed by atoms with Gasteiger partial charge in [-0.25, -0.2) is 9.98 Å². The molecule has 2 N–H and O–H groups in total. The predicted octanol–water partition coefficient (Wildman–Crippen LogP) is 3.51. The van der Waals surface area contributed by atoms with Crippen molar-refractivity contribution in [3.63, 3.8) is 0 Å². The van der Waals surface area contributed by atoms with Gasteiger partial charge >= 0.3 is 12.4 Å². The molecule has 1 aromatic heterocycles. The zero-order chi connectivity index (χ0) is 26.1. The second-order valence-corrected chi connectivity index (χ2v) is 8.96. The summed E-state index contributed by atoms with van der Waals surface area (Å²) in [6, 6.07) is 0.645. The number of fused-ring (bicyclic) bond motifs is 1. The van der Waals surface area contributed by atoms with Crippen molar-refractivity contribution in [2.75, 3.05) is 26.7 Å². The van der Waals surface area contributed by atoms with E-state index in [4.69, 9.17) is 0 Å². The van der Waals surface area contributed by atoms with Crippen molar-refractivity contribution < 1.29 is 31.4 Å². The van der Waals surface area contributed by atoms with Crippen molar-refractivity contribution in [3.05, 3.63) is 63.5 Å². The lowest BCUT2D eigenvalue weighted by atomic mass is 9.96. The van der Waals surface area contributed by atoms with Crippen LogP contribution < -0.4 is 15.9 Å². The second-order valence-electron chi connectivity index (χ2n) is 8.96. The minimum Gasteiger partial charge on any atom is -0.387 e. The first kappa shape index (κ1) is 26.2. The molecule has 0 spiro atoms. The van der Waals surface area contributed by atoms with Crippen LogP contribution in [0, 0.1) is 0 Å². The van der Waals surface area contributed by atoms with Gasteiger partial charge in [0.25, 0.3) is 0 Å². The molecule has 5 nitrogen and oxygen atoms in total. The van der Waals surface area contributed by atoms with Crippen LogP contribution in [0.15, 0.2) is 46.6 Å². The number of hydrogen-bond donors (Lipinski definition) is 2. The minimum absolute atomic E-state index is 0.000137. The summed E-state index contributed by atoms with van der Waals surface area (Å²) >= 11 is 0. The third-order valence-corrected chi connectivity index (χ3v) is 6.37. The van der Waals surface area contributed by atoms with Gasteiger partial charge in [0.15, 0.2) is 0 Å². The Labute approximate surface area is 203 Å². The number of aliphatic imine (C=N–C) groups is 1. The predicted molar refractivity (Wildman–Crippen MR) is 124 cm³/mol. The van der Waals surface area contributed by atoms with Gasteiger partial charge in [0.05, 0.1) is 17.0 Å². The van der Waals surface area contributed by atoms with Gasteiger partial charge in [-0.3, -0.25) is 0 Å². The summed E-state index contributed by atoms with van der Waals surface area (Å²) in [7, 11) is 1.96. The number of nitrogens with zero attached hydrogens (tertiary/aromatic N) is 3. The zero-order valence-electron chi connectivity index (χ0n) is 19.5. The molecule has 0 aromatic carbocycles. The van der Waals surface area contributed by atoms with E-state index in [0.29, 0.717) is 12.6 Å². The monoisotopic (exact) mass is 512 g/mol. The molecular weight excluding hydrogens is 486 g/mol. The second kappa shape index (κ2) is 10.2. The lowest BCUT2D eigenvalue weighted by molar-refractivity contribution is -0.141. The number of allylic oxidation sites excluding steroid dienone is 2. The highest BCUT2D eigenvalue weighted by atomic mass is 19.4. The number of rotatable bonds is 6. The number of aliphatic hydroxyl groups is 1. The van der Waals surface area contributed by atoms with Crippen LogP contribution in [0.5, 0.6) is 0 Å². The first-order chi connectivity index (χ1) is 16.9. The van der Waals surface area contributed by atoms with E-state index in [1.54, 1.807) is 6.20 Å². The summed E-state index contributed by atoms with van der Waals surface area (Å²) in [5, 5.41) is 12.9. The van der Waals surface area contributed by atoms with Crippen molar-refractivity contribution in [2.45, 2.75) is 44.1 Å². The Hall–Kier alpha value is -2.92. The molecule has 0 saturated carbocycles. The third kappa shape index (κ3) is 5.73. The first-order valence-electron chi connectivity index (χ1n) is 11.6. The molecule has 1 atom stereocenters. The number of aliphatic hydroxyl groups excluding tert-OH is 1. The van der Waals surface area contributed by atoms with Crippen molar-refractivity contribution in [3.8, 4) is 0 Å². The molecule has 194 valence electrons. The third-order valence-electron chi connectivity index (χ3n) is 6.37. The molecule has 0 amide bonds. The number of likely N-dealkylation sites (N-methyl/N-ethyl adjacent to an activating group) is 1. The Balaban J connectivity index is 1.52. The van der Waals surface area contributed by atoms with E-state index in [1.807, 2.05) is 30.2 Å². The Morgan fingerprint density at radius 3 is 2.50 bits per heavy atom. The number of hydrogen-bond acceptors (Lipinski definition) is 5. The van der Waals surface area contributed by atoms with E-state index >= 15 is 0 Å². The Kier molecular flexibility index (Phi) is 7.42. The van der Waals surface area contributed by atoms with Crippen molar-refractivity contribution in [2.24, 2.45) is 4.99 Å². The van der Waals surface area contributed by atoms with E-state index in [0.717, 1.165) is 36.4 Å². The van der Waals surface area contributed by atoms with Crippen LogP contribution in [0.2, 0.25) is 0 Å². The summed E-state index contributed by atoms with van der Waals surface area (Å²) in [4.78, 5) is 9.76. The fraction of sp³-hybridized carbons (Fsp3) is 0.440. The molecule has 4 rings (SSSR count). The van der Waals surface area contributed by atoms with Crippen LogP contribution in [0.4, 0.5) is 26.3 Å². The summed E-state index contributed by atoms with van der Waals surface area (Å²) in [6.07, 6.45) is -1.09. The Morgan fingerprint density at radius 1 is 1.08 bits per heavy atom. The van der Waals surface area contributed by atoms with E-state index in [2.05, 4.69) is 15.3 Å². The average molecular weight is 512 g/mol. The maximum atomic E-state index is 13.5. The molecule has 2 aliphatic carbocycles. The van der Waals surface area contributed by atoms with Gasteiger partial charge < -0.3 is 15.3 Å². The van der Waals surface area contributed by atoms with Crippen LogP contribution in [-0.4, -0.2) is 53.7 Å². The van der Waals surface area contributed by atoms with E-state index in [9.17, 15) is 31.4 Å². The highest BCUT2D eigenvalue weighted by Crippen LogP contribution is 2.32. The number of amidine groups is 1. The van der Waals surface area contributed by atoms with Crippen LogP contribution >= 0.6 is 0 Å². The highest BCUT2D eigenvalue weighted by molar-refractivity contribution is 5.99. The first-order valence-corrected chi connectivity index (χ1v) is 11.6. The average Bonchev–Trinajstić information content (AvgIpc) is 2.82. The summed E-state index contributed by atoms with van der Waals surface area (Å²) < 4.78 is 80.7. The molecule has 11 heteroatoms. The summed E-state index contributed by atoms with van der Waals surface area (Å²) in [5.41, 5.74) is -0.641. The van der Waals surface area contributed by atoms with Gasteiger partial charge in [0.2, 0.25) is 0 Å². The van der Waals surface area contributed by atoms with Gasteiger partial charge in [-0.2, -0.15) is 26.3 Å². The van der Waals surface area contributed by atoms with Gasteiger partial charge in [0.1, 0.15) is 11.5 Å². The number of alkyl halides is 6. The van der Waals surface area contributed by atoms with E-state index < -0.39 is 41.5 Å². The number of nitrogens with one attached hydrogen (secondary N) is 1. The topological polar surface area (TPSA) is 60.8 Å². The number of pyridine rings is 1. The molecule has 36 heavy (non-hydrogen) atoms. The smallest absolute Gasteiger partial charge is 0.387 e. The fourth-order valence-corrected chi connectivity index (χ4v) is 4.53. The highest BCUT2D eigenvalue weighted by Gasteiger charge is 2.38. The van der Waals surface area contributed by atoms with Crippen molar-refractivity contribution in [1.82, 2.24) is 15.2 Å². The molecule has 0 saturated heterocycles. The Morgan fingerprint density at radius 2 is 1.86 bits per heavy atom. The lowest BCUT2D eigenvalue weighted by Gasteiger charge is -2.25. The summed E-state index contributed by atoms with van der Waals surface area (Å²) in [6.45, 7) is 1.03. The molecule has 0 bridgehead atoms. The molecule has 1 aliphatic heterocycles. The van der Waals surface area contributed by atoms with Crippen molar-refractivity contribution in [1.29, 1.82) is 0 Å². The van der Waals surface area contributed by atoms with Gasteiger partial charge in [-0.05, 0) is 49.0 Å². The summed E-state index contributed by atoms with van der Waals surface area (Å²) in [5.74, 6) is 0.908. The molecule has 1 unspecified atom stereocenters. The maximum Gasteiger partial charge on any atom is 0.433 e. The van der Waals surface area contributed by atoms with Gasteiger partial charge in [0, 0.05) is 38.1 Å². The molecular formula is C25H26F6N4O. The molecule has 0 fully saturated rings. The Bertz CT molecular complexity index is 1260. The number of halogens is 6. The normalized spacial score (nSPS) is 19.3. The molecule has 1 aromatic rings. The van der Waals surface area contributed by atoms with Crippen LogP contribution in [-0.2, 0) is 6.18 Å². The van der Waals surface area contributed by atoms with Crippen LogP contribution in [0.3, 0.4) is 0 Å².